The molecule has 1 aliphatic heterocycles. The average molecular weight is 252 g/mol. The predicted octanol–water partition coefficient (Wildman–Crippen LogP) is 3.85. The van der Waals surface area contributed by atoms with E-state index in [-0.39, 0.29) is 11.6 Å². The van der Waals surface area contributed by atoms with Gasteiger partial charge in [0.15, 0.2) is 5.78 Å². The molecule has 1 aromatic rings. The van der Waals surface area contributed by atoms with Gasteiger partial charge in [0.25, 0.3) is 0 Å². The predicted molar refractivity (Wildman–Crippen MR) is 70.1 cm³/mol. The normalized spacial score (nSPS) is 17.1. The fourth-order valence-corrected chi connectivity index (χ4v) is 3.47. The molecule has 0 amide bonds. The zero-order chi connectivity index (χ0) is 12.3. The molecule has 0 N–H and O–H groups in total. The van der Waals surface area contributed by atoms with Crippen LogP contribution >= 0.6 is 11.8 Å². The molecule has 0 aliphatic carbocycles. The number of ketones is 1. The van der Waals surface area contributed by atoms with Crippen molar-refractivity contribution < 1.29 is 9.18 Å². The van der Waals surface area contributed by atoms with E-state index >= 15 is 0 Å². The summed E-state index contributed by atoms with van der Waals surface area (Å²) in [5, 5.41) is 0. The molecule has 0 aromatic heterocycles. The van der Waals surface area contributed by atoms with Gasteiger partial charge in [-0.2, -0.15) is 11.8 Å². The van der Waals surface area contributed by atoms with Crippen LogP contribution in [-0.4, -0.2) is 17.3 Å². The van der Waals surface area contributed by atoms with Gasteiger partial charge in [0, 0.05) is 12.0 Å². The average Bonchev–Trinajstić information content (AvgIpc) is 2.30. The zero-order valence-corrected chi connectivity index (χ0v) is 10.9. The van der Waals surface area contributed by atoms with Crippen molar-refractivity contribution in [2.24, 2.45) is 5.92 Å². The molecule has 0 spiro atoms. The molecule has 0 bridgehead atoms. The summed E-state index contributed by atoms with van der Waals surface area (Å²) < 4.78 is 13.0. The first-order valence-electron chi connectivity index (χ1n) is 6.04. The number of carbonyl (C=O) groups is 1. The Bertz CT molecular complexity index is 411. The molecule has 0 radical (unpaired) electrons. The number of benzene rings is 1. The number of hydrogen-bond donors (Lipinski definition) is 0. The molecule has 2 rings (SSSR count). The highest BCUT2D eigenvalue weighted by atomic mass is 32.2. The van der Waals surface area contributed by atoms with Crippen molar-refractivity contribution in [1.29, 1.82) is 0 Å². The van der Waals surface area contributed by atoms with Gasteiger partial charge in [-0.1, -0.05) is 0 Å². The fourth-order valence-electron chi connectivity index (χ4n) is 2.26. The SMILES string of the molecule is Cc1cc(F)ccc1C(=O)CC1CCSCC1. The smallest absolute Gasteiger partial charge is 0.163 e. The van der Waals surface area contributed by atoms with Gasteiger partial charge in [-0.05, 0) is 61.0 Å². The third kappa shape index (κ3) is 3.32. The lowest BCUT2D eigenvalue weighted by atomic mass is 9.92. The van der Waals surface area contributed by atoms with E-state index in [1.807, 2.05) is 11.8 Å². The van der Waals surface area contributed by atoms with Crippen LogP contribution < -0.4 is 0 Å². The van der Waals surface area contributed by atoms with Gasteiger partial charge in [-0.25, -0.2) is 4.39 Å². The molecular formula is C14H17FOS. The van der Waals surface area contributed by atoms with E-state index in [9.17, 15) is 9.18 Å². The molecule has 1 heterocycles. The van der Waals surface area contributed by atoms with Gasteiger partial charge in [0.1, 0.15) is 5.82 Å². The Morgan fingerprint density at radius 3 is 2.76 bits per heavy atom. The minimum absolute atomic E-state index is 0.166. The van der Waals surface area contributed by atoms with E-state index in [1.54, 1.807) is 13.0 Å². The van der Waals surface area contributed by atoms with Crippen molar-refractivity contribution in [3.8, 4) is 0 Å². The lowest BCUT2D eigenvalue weighted by Crippen LogP contribution is -2.15. The highest BCUT2D eigenvalue weighted by Crippen LogP contribution is 2.27. The summed E-state index contributed by atoms with van der Waals surface area (Å²) in [6.07, 6.45) is 2.89. The molecular weight excluding hydrogens is 235 g/mol. The maximum absolute atomic E-state index is 13.0. The first-order chi connectivity index (χ1) is 8.16. The molecule has 3 heteroatoms. The molecule has 1 saturated heterocycles. The number of Topliss-reactive ketones (excluding diaryl/α,β-unsaturated/α-hetero) is 1. The van der Waals surface area contributed by atoms with Crippen LogP contribution in [0.5, 0.6) is 0 Å². The number of thioether (sulfide) groups is 1. The fraction of sp³-hybridized carbons (Fsp3) is 0.500. The zero-order valence-electron chi connectivity index (χ0n) is 10.0. The minimum atomic E-state index is -0.270. The first-order valence-corrected chi connectivity index (χ1v) is 7.19. The first kappa shape index (κ1) is 12.6. The second kappa shape index (κ2) is 5.67. The number of rotatable bonds is 3. The van der Waals surface area contributed by atoms with E-state index in [0.717, 1.165) is 18.4 Å². The number of halogens is 1. The Kier molecular flexibility index (Phi) is 4.21. The summed E-state index contributed by atoms with van der Waals surface area (Å²) in [6.45, 7) is 1.80. The van der Waals surface area contributed by atoms with Crippen LogP contribution in [0, 0.1) is 18.7 Å². The quantitative estimate of drug-likeness (QED) is 0.760. The largest absolute Gasteiger partial charge is 0.294 e. The molecule has 1 nitrogen and oxygen atoms in total. The molecule has 17 heavy (non-hydrogen) atoms. The van der Waals surface area contributed by atoms with E-state index in [4.69, 9.17) is 0 Å². The highest BCUT2D eigenvalue weighted by molar-refractivity contribution is 7.99. The third-order valence-electron chi connectivity index (χ3n) is 3.30. The van der Waals surface area contributed by atoms with Crippen molar-refractivity contribution in [3.63, 3.8) is 0 Å². The highest BCUT2D eigenvalue weighted by Gasteiger charge is 2.19. The summed E-state index contributed by atoms with van der Waals surface area (Å²) >= 11 is 1.97. The Morgan fingerprint density at radius 2 is 2.12 bits per heavy atom. The van der Waals surface area contributed by atoms with Gasteiger partial charge in [-0.15, -0.1) is 0 Å². The van der Waals surface area contributed by atoms with Crippen molar-refractivity contribution in [1.82, 2.24) is 0 Å². The maximum atomic E-state index is 13.0. The molecule has 0 atom stereocenters. The topological polar surface area (TPSA) is 17.1 Å². The van der Waals surface area contributed by atoms with E-state index in [0.29, 0.717) is 17.9 Å². The molecule has 1 aliphatic rings. The van der Waals surface area contributed by atoms with Crippen molar-refractivity contribution in [3.05, 3.63) is 35.1 Å². The Morgan fingerprint density at radius 1 is 1.41 bits per heavy atom. The molecule has 1 aromatic carbocycles. The molecule has 0 saturated carbocycles. The van der Waals surface area contributed by atoms with Gasteiger partial charge in [0.2, 0.25) is 0 Å². The van der Waals surface area contributed by atoms with Crippen LogP contribution in [0.1, 0.15) is 35.2 Å². The van der Waals surface area contributed by atoms with Crippen molar-refractivity contribution in [2.45, 2.75) is 26.2 Å². The lowest BCUT2D eigenvalue weighted by molar-refractivity contribution is 0.0958. The van der Waals surface area contributed by atoms with Gasteiger partial charge < -0.3 is 0 Å². The Hall–Kier alpha value is -0.830. The minimum Gasteiger partial charge on any atom is -0.294 e. The second-order valence-corrected chi connectivity index (χ2v) is 5.87. The van der Waals surface area contributed by atoms with Gasteiger partial charge in [-0.3, -0.25) is 4.79 Å². The second-order valence-electron chi connectivity index (χ2n) is 4.64. The van der Waals surface area contributed by atoms with Crippen LogP contribution in [-0.2, 0) is 0 Å². The number of hydrogen-bond acceptors (Lipinski definition) is 2. The number of aryl methyl sites for hydroxylation is 1. The van der Waals surface area contributed by atoms with Crippen LogP contribution in [0.2, 0.25) is 0 Å². The van der Waals surface area contributed by atoms with E-state index in [1.165, 1.54) is 23.6 Å². The number of carbonyl (C=O) groups excluding carboxylic acids is 1. The lowest BCUT2D eigenvalue weighted by Gasteiger charge is -2.20. The van der Waals surface area contributed by atoms with Crippen LogP contribution in [0.15, 0.2) is 18.2 Å². The summed E-state index contributed by atoms with van der Waals surface area (Å²) in [4.78, 5) is 12.1. The standard InChI is InChI=1S/C14H17FOS/c1-10-8-12(15)2-3-13(10)14(16)9-11-4-6-17-7-5-11/h2-3,8,11H,4-7,9H2,1H3. The summed E-state index contributed by atoms with van der Waals surface area (Å²) in [5.41, 5.74) is 1.44. The van der Waals surface area contributed by atoms with Crippen molar-refractivity contribution >= 4 is 17.5 Å². The van der Waals surface area contributed by atoms with Crippen molar-refractivity contribution in [2.75, 3.05) is 11.5 Å². The van der Waals surface area contributed by atoms with Crippen LogP contribution in [0.3, 0.4) is 0 Å². The summed E-state index contributed by atoms with van der Waals surface area (Å²) in [7, 11) is 0. The van der Waals surface area contributed by atoms with Crippen LogP contribution in [0.25, 0.3) is 0 Å². The Balaban J connectivity index is 2.03. The summed E-state index contributed by atoms with van der Waals surface area (Å²) in [6, 6.07) is 4.42. The van der Waals surface area contributed by atoms with Crippen LogP contribution in [0.4, 0.5) is 4.39 Å². The Labute approximate surface area is 106 Å². The third-order valence-corrected chi connectivity index (χ3v) is 4.35. The molecule has 1 fully saturated rings. The summed E-state index contributed by atoms with van der Waals surface area (Å²) in [5.74, 6) is 2.75. The van der Waals surface area contributed by atoms with E-state index in [2.05, 4.69) is 0 Å². The maximum Gasteiger partial charge on any atom is 0.163 e. The monoisotopic (exact) mass is 252 g/mol. The van der Waals surface area contributed by atoms with E-state index < -0.39 is 0 Å². The van der Waals surface area contributed by atoms with Gasteiger partial charge in [0.05, 0.1) is 0 Å². The van der Waals surface area contributed by atoms with Gasteiger partial charge >= 0.3 is 0 Å². The molecule has 92 valence electrons. The molecule has 0 unspecified atom stereocenters.